The first-order valence-electron chi connectivity index (χ1n) is 6.81. The van der Waals surface area contributed by atoms with Crippen molar-refractivity contribution in [2.75, 3.05) is 17.2 Å². The monoisotopic (exact) mass is 320 g/mol. The summed E-state index contributed by atoms with van der Waals surface area (Å²) in [5, 5.41) is 6.07. The summed E-state index contributed by atoms with van der Waals surface area (Å²) >= 11 is 5.80. The van der Waals surface area contributed by atoms with Gasteiger partial charge in [-0.3, -0.25) is 0 Å². The van der Waals surface area contributed by atoms with Gasteiger partial charge in [-0.05, 0) is 45.0 Å². The Morgan fingerprint density at radius 2 is 1.73 bits per heavy atom. The second kappa shape index (κ2) is 7.09. The first-order valence-corrected chi connectivity index (χ1v) is 7.19. The van der Waals surface area contributed by atoms with Gasteiger partial charge in [0.1, 0.15) is 0 Å². The summed E-state index contributed by atoms with van der Waals surface area (Å²) in [6.07, 6.45) is 0. The van der Waals surface area contributed by atoms with Crippen LogP contribution in [0.2, 0.25) is 5.02 Å². The second-order valence-corrected chi connectivity index (χ2v) is 5.01. The number of hydrogen-bond acceptors (Lipinski definition) is 4. The number of aromatic nitrogens is 2. The molecule has 0 aliphatic rings. The Morgan fingerprint density at radius 3 is 2.27 bits per heavy atom. The Bertz CT molecular complexity index is 651. The lowest BCUT2D eigenvalue weighted by atomic mass is 10.3. The molecule has 0 unspecified atom stereocenters. The van der Waals surface area contributed by atoms with Crippen LogP contribution < -0.4 is 15.4 Å². The quantitative estimate of drug-likeness (QED) is 0.898. The molecule has 0 spiro atoms. The number of hydrogen-bond donors (Lipinski definition) is 2. The number of carbonyl (C=O) groups excluding carboxylic acids is 1. The molecule has 0 atom stereocenters. The molecule has 6 nitrogen and oxygen atoms in total. The van der Waals surface area contributed by atoms with Gasteiger partial charge in [-0.25, -0.2) is 4.79 Å². The van der Waals surface area contributed by atoms with Crippen molar-refractivity contribution in [2.24, 2.45) is 0 Å². The number of amides is 2. The van der Waals surface area contributed by atoms with Crippen molar-refractivity contribution in [1.29, 1.82) is 0 Å². The van der Waals surface area contributed by atoms with Gasteiger partial charge in [-0.1, -0.05) is 11.6 Å². The zero-order valence-corrected chi connectivity index (χ0v) is 13.4. The van der Waals surface area contributed by atoms with E-state index in [2.05, 4.69) is 20.6 Å². The van der Waals surface area contributed by atoms with Gasteiger partial charge in [0.25, 0.3) is 0 Å². The van der Waals surface area contributed by atoms with Gasteiger partial charge in [0.05, 0.1) is 23.7 Å². The number of nitrogens with zero attached hydrogens (tertiary/aromatic N) is 2. The molecule has 2 rings (SSSR count). The number of ether oxygens (including phenoxy) is 1. The molecule has 1 aromatic carbocycles. The first-order chi connectivity index (χ1) is 10.5. The summed E-state index contributed by atoms with van der Waals surface area (Å²) in [4.78, 5) is 20.4. The predicted octanol–water partition coefficient (Wildman–Crippen LogP) is 3.79. The third-order valence-corrected chi connectivity index (χ3v) is 3.12. The molecule has 7 heteroatoms. The molecule has 22 heavy (non-hydrogen) atoms. The Hall–Kier alpha value is -2.34. The Labute approximate surface area is 133 Å². The molecule has 0 saturated carbocycles. The number of benzene rings is 1. The number of anilines is 2. The minimum absolute atomic E-state index is 0.307. The van der Waals surface area contributed by atoms with Crippen LogP contribution in [0.4, 0.5) is 16.2 Å². The van der Waals surface area contributed by atoms with Gasteiger partial charge in [0, 0.05) is 10.7 Å². The highest BCUT2D eigenvalue weighted by molar-refractivity contribution is 6.30. The number of halogens is 1. The summed E-state index contributed by atoms with van der Waals surface area (Å²) < 4.78 is 5.27. The van der Waals surface area contributed by atoms with Crippen LogP contribution in [0.1, 0.15) is 18.3 Å². The van der Waals surface area contributed by atoms with Gasteiger partial charge < -0.3 is 15.4 Å². The Balaban J connectivity index is 2.09. The minimum Gasteiger partial charge on any atom is -0.464 e. The van der Waals surface area contributed by atoms with E-state index in [0.717, 1.165) is 0 Å². The van der Waals surface area contributed by atoms with Crippen molar-refractivity contribution in [1.82, 2.24) is 9.97 Å². The molecule has 0 aliphatic heterocycles. The second-order valence-electron chi connectivity index (χ2n) is 4.57. The lowest BCUT2D eigenvalue weighted by Gasteiger charge is -2.12. The molecule has 0 bridgehead atoms. The number of nitrogens with one attached hydrogen (secondary N) is 2. The van der Waals surface area contributed by atoms with Crippen LogP contribution in [0.3, 0.4) is 0 Å². The SMILES string of the molecule is CCOc1nc(C)c(NC(=O)Nc2ccc(Cl)cc2)c(C)n1. The molecule has 2 aromatic rings. The minimum atomic E-state index is -0.374. The van der Waals surface area contributed by atoms with E-state index in [1.54, 1.807) is 38.1 Å². The first kappa shape index (κ1) is 16.0. The maximum Gasteiger partial charge on any atom is 0.323 e. The van der Waals surface area contributed by atoms with Crippen molar-refractivity contribution in [3.05, 3.63) is 40.7 Å². The van der Waals surface area contributed by atoms with Gasteiger partial charge in [-0.2, -0.15) is 9.97 Å². The zero-order valence-electron chi connectivity index (χ0n) is 12.6. The number of aryl methyl sites for hydroxylation is 2. The molecule has 2 N–H and O–H groups in total. The van der Waals surface area contributed by atoms with Crippen molar-refractivity contribution >= 4 is 29.0 Å². The van der Waals surface area contributed by atoms with E-state index >= 15 is 0 Å². The van der Waals surface area contributed by atoms with E-state index in [4.69, 9.17) is 16.3 Å². The normalized spacial score (nSPS) is 10.2. The van der Waals surface area contributed by atoms with Crippen LogP contribution in [-0.2, 0) is 0 Å². The van der Waals surface area contributed by atoms with Crippen molar-refractivity contribution in [3.8, 4) is 6.01 Å². The summed E-state index contributed by atoms with van der Waals surface area (Å²) in [5.74, 6) is 0. The molecule has 0 saturated heterocycles. The van der Waals surface area contributed by atoms with Crippen LogP contribution >= 0.6 is 11.6 Å². The molecular weight excluding hydrogens is 304 g/mol. The van der Waals surface area contributed by atoms with Crippen LogP contribution in [-0.4, -0.2) is 22.6 Å². The van der Waals surface area contributed by atoms with Crippen LogP contribution in [0.25, 0.3) is 0 Å². The molecule has 0 radical (unpaired) electrons. The predicted molar refractivity (Wildman–Crippen MR) is 86.8 cm³/mol. The average Bonchev–Trinajstić information content (AvgIpc) is 2.46. The fraction of sp³-hybridized carbons (Fsp3) is 0.267. The van der Waals surface area contributed by atoms with E-state index < -0.39 is 0 Å². The third-order valence-electron chi connectivity index (χ3n) is 2.86. The standard InChI is InChI=1S/C15H17ClN4O2/c1-4-22-15-17-9(2)13(10(3)18-15)20-14(21)19-12-7-5-11(16)6-8-12/h5-8H,4H2,1-3H3,(H2,19,20,21). The van der Waals surface area contributed by atoms with Crippen LogP contribution in [0.15, 0.2) is 24.3 Å². The molecule has 1 heterocycles. The molecule has 1 aromatic heterocycles. The van der Waals surface area contributed by atoms with Crippen LogP contribution in [0, 0.1) is 13.8 Å². The summed E-state index contributed by atoms with van der Waals surface area (Å²) in [5.41, 5.74) is 2.49. The van der Waals surface area contributed by atoms with E-state index in [0.29, 0.717) is 40.4 Å². The highest BCUT2D eigenvalue weighted by Gasteiger charge is 2.12. The smallest absolute Gasteiger partial charge is 0.323 e. The lowest BCUT2D eigenvalue weighted by molar-refractivity contribution is 0.262. The Morgan fingerprint density at radius 1 is 1.14 bits per heavy atom. The topological polar surface area (TPSA) is 76.1 Å². The Kier molecular flexibility index (Phi) is 5.16. The molecule has 2 amide bonds. The van der Waals surface area contributed by atoms with Gasteiger partial charge in [0.15, 0.2) is 0 Å². The van der Waals surface area contributed by atoms with E-state index in [-0.39, 0.29) is 6.03 Å². The summed E-state index contributed by atoms with van der Waals surface area (Å²) in [7, 11) is 0. The largest absolute Gasteiger partial charge is 0.464 e. The summed E-state index contributed by atoms with van der Waals surface area (Å²) in [6.45, 7) is 5.92. The third kappa shape index (κ3) is 4.08. The molecule has 0 fully saturated rings. The fourth-order valence-electron chi connectivity index (χ4n) is 1.87. The highest BCUT2D eigenvalue weighted by Crippen LogP contribution is 2.20. The maximum absolute atomic E-state index is 12.0. The lowest BCUT2D eigenvalue weighted by Crippen LogP contribution is -2.21. The zero-order chi connectivity index (χ0) is 16.1. The summed E-state index contributed by atoms with van der Waals surface area (Å²) in [6, 6.07) is 6.77. The van der Waals surface area contributed by atoms with Gasteiger partial charge in [0.2, 0.25) is 0 Å². The van der Waals surface area contributed by atoms with Crippen molar-refractivity contribution < 1.29 is 9.53 Å². The number of carbonyl (C=O) groups is 1. The fourth-order valence-corrected chi connectivity index (χ4v) is 2.00. The van der Waals surface area contributed by atoms with Crippen molar-refractivity contribution in [2.45, 2.75) is 20.8 Å². The van der Waals surface area contributed by atoms with Crippen LogP contribution in [0.5, 0.6) is 6.01 Å². The van der Waals surface area contributed by atoms with E-state index in [1.807, 2.05) is 6.92 Å². The highest BCUT2D eigenvalue weighted by atomic mass is 35.5. The van der Waals surface area contributed by atoms with E-state index in [1.165, 1.54) is 0 Å². The van der Waals surface area contributed by atoms with Gasteiger partial charge >= 0.3 is 12.0 Å². The average molecular weight is 321 g/mol. The molecule has 116 valence electrons. The number of rotatable bonds is 4. The van der Waals surface area contributed by atoms with Crippen molar-refractivity contribution in [3.63, 3.8) is 0 Å². The number of urea groups is 1. The van der Waals surface area contributed by atoms with E-state index in [9.17, 15) is 4.79 Å². The molecule has 0 aliphatic carbocycles. The van der Waals surface area contributed by atoms with Gasteiger partial charge in [-0.15, -0.1) is 0 Å². The maximum atomic E-state index is 12.0. The molecular formula is C15H17ClN4O2.